The molecule has 1 saturated heterocycles. The Morgan fingerprint density at radius 1 is 1.11 bits per heavy atom. The number of anilines is 1. The largest absolute Gasteiger partial charge is 0.493 e. The molecule has 1 aliphatic heterocycles. The second-order valence-electron chi connectivity index (χ2n) is 6.15. The van der Waals surface area contributed by atoms with Crippen molar-refractivity contribution in [1.82, 2.24) is 5.32 Å². The Morgan fingerprint density at radius 2 is 1.81 bits per heavy atom. The summed E-state index contributed by atoms with van der Waals surface area (Å²) in [6.45, 7) is 3.79. The van der Waals surface area contributed by atoms with Gasteiger partial charge in [-0.05, 0) is 50.3 Å². The fourth-order valence-electron chi connectivity index (χ4n) is 2.68. The number of rotatable bonds is 5. The molecule has 0 aliphatic carbocycles. The fourth-order valence-corrected chi connectivity index (χ4v) is 2.81. The molecule has 0 aromatic heterocycles. The summed E-state index contributed by atoms with van der Waals surface area (Å²) in [5, 5.41) is 3.12. The summed E-state index contributed by atoms with van der Waals surface area (Å²) in [4.78, 5) is 26.1. The van der Waals surface area contributed by atoms with Crippen molar-refractivity contribution in [2.75, 3.05) is 12.0 Å². The number of para-hydroxylation sites is 1. The van der Waals surface area contributed by atoms with Crippen LogP contribution >= 0.6 is 11.6 Å². The summed E-state index contributed by atoms with van der Waals surface area (Å²) in [6, 6.07) is 11.3. The number of nitrogens with one attached hydrogen (secondary N) is 1. The van der Waals surface area contributed by atoms with Crippen molar-refractivity contribution in [3.63, 3.8) is 0 Å². The van der Waals surface area contributed by atoms with E-state index in [-0.39, 0.29) is 11.8 Å². The summed E-state index contributed by atoms with van der Waals surface area (Å²) >= 11 is 5.87. The van der Waals surface area contributed by atoms with Gasteiger partial charge in [-0.2, -0.15) is 0 Å². The number of amides is 3. The number of carbonyl (C=O) groups is 2. The zero-order chi connectivity index (χ0) is 19.6. The van der Waals surface area contributed by atoms with Gasteiger partial charge in [-0.1, -0.05) is 23.7 Å². The molecule has 3 amide bonds. The van der Waals surface area contributed by atoms with E-state index < -0.39 is 11.9 Å². The van der Waals surface area contributed by atoms with Crippen LogP contribution in [-0.2, 0) is 4.79 Å². The number of ether oxygens (including phenoxy) is 2. The molecule has 0 bridgehead atoms. The first-order chi connectivity index (χ1) is 12.9. The van der Waals surface area contributed by atoms with E-state index in [0.717, 1.165) is 4.90 Å². The highest BCUT2D eigenvalue weighted by Gasteiger charge is 2.35. The topological polar surface area (TPSA) is 67.9 Å². The van der Waals surface area contributed by atoms with Gasteiger partial charge in [0.1, 0.15) is 5.70 Å². The Hall–Kier alpha value is -2.99. The average Bonchev–Trinajstić information content (AvgIpc) is 2.90. The monoisotopic (exact) mass is 386 g/mol. The zero-order valence-corrected chi connectivity index (χ0v) is 15.9. The van der Waals surface area contributed by atoms with Crippen LogP contribution in [0.3, 0.4) is 0 Å². The second kappa shape index (κ2) is 7.72. The maximum absolute atomic E-state index is 12.8. The molecule has 6 nitrogen and oxygen atoms in total. The van der Waals surface area contributed by atoms with Crippen LogP contribution in [0.2, 0.25) is 5.02 Å². The third-order valence-corrected chi connectivity index (χ3v) is 4.10. The van der Waals surface area contributed by atoms with Gasteiger partial charge < -0.3 is 14.8 Å². The number of nitrogens with zero attached hydrogens (tertiary/aromatic N) is 1. The van der Waals surface area contributed by atoms with Gasteiger partial charge in [-0.3, -0.25) is 4.79 Å². The molecule has 2 aromatic carbocycles. The Labute approximate surface area is 162 Å². The lowest BCUT2D eigenvalue weighted by Gasteiger charge is -2.16. The Kier molecular flexibility index (Phi) is 5.37. The van der Waals surface area contributed by atoms with Gasteiger partial charge in [0, 0.05) is 10.6 Å². The van der Waals surface area contributed by atoms with E-state index >= 15 is 0 Å². The molecule has 1 fully saturated rings. The molecule has 1 N–H and O–H groups in total. The van der Waals surface area contributed by atoms with Crippen molar-refractivity contribution >= 4 is 35.3 Å². The molecule has 1 aliphatic rings. The highest BCUT2D eigenvalue weighted by Crippen LogP contribution is 2.34. The van der Waals surface area contributed by atoms with Crippen LogP contribution in [0.15, 0.2) is 48.2 Å². The number of hydrogen-bond donors (Lipinski definition) is 1. The summed E-state index contributed by atoms with van der Waals surface area (Å²) in [5.41, 5.74) is 1.22. The molecule has 2 aromatic rings. The van der Waals surface area contributed by atoms with Gasteiger partial charge in [0.2, 0.25) is 0 Å². The van der Waals surface area contributed by atoms with Gasteiger partial charge in [-0.25, -0.2) is 9.69 Å². The zero-order valence-electron chi connectivity index (χ0n) is 15.2. The third-order valence-electron chi connectivity index (χ3n) is 3.85. The van der Waals surface area contributed by atoms with E-state index in [9.17, 15) is 9.59 Å². The van der Waals surface area contributed by atoms with E-state index in [1.165, 1.54) is 0 Å². The van der Waals surface area contributed by atoms with E-state index in [1.807, 2.05) is 13.8 Å². The van der Waals surface area contributed by atoms with Crippen LogP contribution in [0.25, 0.3) is 6.08 Å². The minimum absolute atomic E-state index is 0.0853. The molecule has 0 unspecified atom stereocenters. The lowest BCUT2D eigenvalue weighted by atomic mass is 10.1. The molecule has 140 valence electrons. The van der Waals surface area contributed by atoms with E-state index in [1.54, 1.807) is 55.7 Å². The summed E-state index contributed by atoms with van der Waals surface area (Å²) in [6.07, 6.45) is 1.49. The normalized spacial score (nSPS) is 15.4. The molecule has 0 radical (unpaired) electrons. The van der Waals surface area contributed by atoms with Gasteiger partial charge in [0.05, 0.1) is 18.9 Å². The summed E-state index contributed by atoms with van der Waals surface area (Å²) < 4.78 is 11.2. The molecule has 3 rings (SSSR count). The van der Waals surface area contributed by atoms with Gasteiger partial charge in [-0.15, -0.1) is 0 Å². The quantitative estimate of drug-likeness (QED) is 0.616. The van der Waals surface area contributed by atoms with Crippen LogP contribution < -0.4 is 19.7 Å². The first-order valence-corrected chi connectivity index (χ1v) is 8.75. The van der Waals surface area contributed by atoms with E-state index in [0.29, 0.717) is 27.8 Å². The highest BCUT2D eigenvalue weighted by atomic mass is 35.5. The molecule has 1 heterocycles. The first-order valence-electron chi connectivity index (χ1n) is 8.37. The number of benzene rings is 2. The number of methoxy groups -OCH3 is 1. The predicted molar refractivity (Wildman–Crippen MR) is 104 cm³/mol. The summed E-state index contributed by atoms with van der Waals surface area (Å²) in [7, 11) is 1.55. The van der Waals surface area contributed by atoms with Crippen LogP contribution in [0.1, 0.15) is 19.4 Å². The molecule has 0 saturated carbocycles. The minimum Gasteiger partial charge on any atom is -0.493 e. The van der Waals surface area contributed by atoms with Crippen molar-refractivity contribution in [2.24, 2.45) is 0 Å². The lowest BCUT2D eigenvalue weighted by Crippen LogP contribution is -2.30. The number of hydrogen-bond acceptors (Lipinski definition) is 4. The van der Waals surface area contributed by atoms with Gasteiger partial charge >= 0.3 is 6.03 Å². The summed E-state index contributed by atoms with van der Waals surface area (Å²) in [5.74, 6) is 0.597. The smallest absolute Gasteiger partial charge is 0.333 e. The van der Waals surface area contributed by atoms with Crippen LogP contribution in [0, 0.1) is 0 Å². The first kappa shape index (κ1) is 18.8. The number of halogens is 1. The van der Waals surface area contributed by atoms with E-state index in [2.05, 4.69) is 5.32 Å². The van der Waals surface area contributed by atoms with Crippen molar-refractivity contribution in [1.29, 1.82) is 0 Å². The Bertz CT molecular complexity index is 907. The third kappa shape index (κ3) is 3.90. The average molecular weight is 387 g/mol. The number of urea groups is 1. The van der Waals surface area contributed by atoms with Crippen molar-refractivity contribution in [3.8, 4) is 11.5 Å². The molecule has 0 spiro atoms. The van der Waals surface area contributed by atoms with Crippen molar-refractivity contribution in [2.45, 2.75) is 20.0 Å². The van der Waals surface area contributed by atoms with Crippen molar-refractivity contribution < 1.29 is 19.1 Å². The standard InChI is InChI=1S/C20H19ClN2O4/c1-12(2)27-18-13(5-4-6-17(18)26-3)11-16-19(24)23(20(25)22-16)15-9-7-14(21)8-10-15/h4-12H,1-3H3,(H,22,25)/b16-11+. The van der Waals surface area contributed by atoms with Crippen LogP contribution in [0.5, 0.6) is 11.5 Å². The molecule has 27 heavy (non-hydrogen) atoms. The Balaban J connectivity index is 1.98. The maximum Gasteiger partial charge on any atom is 0.333 e. The second-order valence-corrected chi connectivity index (χ2v) is 6.59. The highest BCUT2D eigenvalue weighted by molar-refractivity contribution is 6.31. The number of carbonyl (C=O) groups excluding carboxylic acids is 2. The SMILES string of the molecule is COc1cccc(/C=C2/NC(=O)N(c3ccc(Cl)cc3)C2=O)c1OC(C)C. The number of imide groups is 1. The molecular weight excluding hydrogens is 368 g/mol. The lowest BCUT2D eigenvalue weighted by molar-refractivity contribution is -0.113. The molecule has 7 heteroatoms. The van der Waals surface area contributed by atoms with Crippen LogP contribution in [0.4, 0.5) is 10.5 Å². The molecular formula is C20H19ClN2O4. The van der Waals surface area contributed by atoms with Gasteiger partial charge in [0.15, 0.2) is 11.5 Å². The fraction of sp³-hybridized carbons (Fsp3) is 0.200. The molecule has 0 atom stereocenters. The minimum atomic E-state index is -0.525. The van der Waals surface area contributed by atoms with Crippen LogP contribution in [-0.4, -0.2) is 25.2 Å². The van der Waals surface area contributed by atoms with E-state index in [4.69, 9.17) is 21.1 Å². The Morgan fingerprint density at radius 3 is 2.44 bits per heavy atom. The maximum atomic E-state index is 12.8. The predicted octanol–water partition coefficient (Wildman–Crippen LogP) is 4.23. The van der Waals surface area contributed by atoms with Crippen molar-refractivity contribution in [3.05, 3.63) is 58.7 Å². The van der Waals surface area contributed by atoms with Gasteiger partial charge in [0.25, 0.3) is 5.91 Å².